The molecule has 0 aliphatic carbocycles. The molecule has 19 heavy (non-hydrogen) atoms. The van der Waals surface area contributed by atoms with Crippen molar-refractivity contribution >= 4 is 11.0 Å². The molecule has 2 rings (SSSR count). The normalized spacial score (nSPS) is 11.8. The number of pyridine rings is 1. The summed E-state index contributed by atoms with van der Waals surface area (Å²) in [6.07, 6.45) is 5.04. The molecule has 0 spiro atoms. The summed E-state index contributed by atoms with van der Waals surface area (Å²) in [7, 11) is 2.18. The van der Waals surface area contributed by atoms with Crippen molar-refractivity contribution in [3.63, 3.8) is 0 Å². The van der Waals surface area contributed by atoms with Crippen molar-refractivity contribution in [1.82, 2.24) is 20.2 Å². The molecule has 0 atom stereocenters. The van der Waals surface area contributed by atoms with E-state index in [2.05, 4.69) is 47.1 Å². The molecular formula is C15H24N4. The van der Waals surface area contributed by atoms with E-state index in [4.69, 9.17) is 0 Å². The molecule has 0 amide bonds. The van der Waals surface area contributed by atoms with Crippen LogP contribution in [0.3, 0.4) is 0 Å². The highest BCUT2D eigenvalue weighted by Gasteiger charge is 2.04. The van der Waals surface area contributed by atoms with Gasteiger partial charge in [-0.2, -0.15) is 0 Å². The van der Waals surface area contributed by atoms with Gasteiger partial charge in [-0.1, -0.05) is 0 Å². The minimum absolute atomic E-state index is 0.625. The molecule has 2 N–H and O–H groups in total. The largest absolute Gasteiger partial charge is 0.346 e. The number of fused-ring (bicyclic) bond motifs is 1. The van der Waals surface area contributed by atoms with Crippen LogP contribution in [0.25, 0.3) is 11.0 Å². The molecule has 0 unspecified atom stereocenters. The van der Waals surface area contributed by atoms with Crippen LogP contribution in [-0.2, 0) is 6.54 Å². The minimum atomic E-state index is 0.625. The van der Waals surface area contributed by atoms with Crippen molar-refractivity contribution in [2.45, 2.75) is 32.9 Å². The van der Waals surface area contributed by atoms with E-state index < -0.39 is 0 Å². The van der Waals surface area contributed by atoms with Gasteiger partial charge in [0.2, 0.25) is 0 Å². The first-order valence-electron chi connectivity index (χ1n) is 7.00. The van der Waals surface area contributed by atoms with Gasteiger partial charge in [0.1, 0.15) is 5.65 Å². The third-order valence-corrected chi connectivity index (χ3v) is 3.60. The Morgan fingerprint density at radius 3 is 3.05 bits per heavy atom. The molecule has 104 valence electrons. The van der Waals surface area contributed by atoms with Gasteiger partial charge < -0.3 is 15.2 Å². The van der Waals surface area contributed by atoms with E-state index in [9.17, 15) is 0 Å². The smallest absolute Gasteiger partial charge is 0.137 e. The van der Waals surface area contributed by atoms with E-state index in [1.807, 2.05) is 18.5 Å². The summed E-state index contributed by atoms with van der Waals surface area (Å²) in [6.45, 7) is 7.54. The number of nitrogens with one attached hydrogen (secondary N) is 2. The number of nitrogens with zero attached hydrogens (tertiary/aromatic N) is 2. The van der Waals surface area contributed by atoms with Crippen LogP contribution in [0.5, 0.6) is 0 Å². The topological polar surface area (TPSA) is 44.0 Å². The van der Waals surface area contributed by atoms with Gasteiger partial charge >= 0.3 is 0 Å². The fourth-order valence-electron chi connectivity index (χ4n) is 2.09. The van der Waals surface area contributed by atoms with Crippen LogP contribution in [0, 0.1) is 0 Å². The van der Waals surface area contributed by atoms with Crippen molar-refractivity contribution in [1.29, 1.82) is 0 Å². The SMILES string of the molecule is CC(C)N(C)CCCNCc1c[nH]c2ncccc12. The molecule has 0 saturated heterocycles. The summed E-state index contributed by atoms with van der Waals surface area (Å²) < 4.78 is 0. The predicted molar refractivity (Wildman–Crippen MR) is 80.2 cm³/mol. The lowest BCUT2D eigenvalue weighted by atomic mass is 10.2. The van der Waals surface area contributed by atoms with Crippen LogP contribution >= 0.6 is 0 Å². The third-order valence-electron chi connectivity index (χ3n) is 3.60. The van der Waals surface area contributed by atoms with Crippen LogP contribution in [0.1, 0.15) is 25.8 Å². The van der Waals surface area contributed by atoms with Crippen molar-refractivity contribution < 1.29 is 0 Å². The number of hydrogen-bond donors (Lipinski definition) is 2. The number of aromatic nitrogens is 2. The van der Waals surface area contributed by atoms with Crippen LogP contribution in [-0.4, -0.2) is 41.0 Å². The molecule has 2 aromatic rings. The summed E-state index contributed by atoms with van der Waals surface area (Å²) >= 11 is 0. The maximum Gasteiger partial charge on any atom is 0.137 e. The Kier molecular flexibility index (Phi) is 4.93. The Morgan fingerprint density at radius 2 is 2.26 bits per heavy atom. The summed E-state index contributed by atoms with van der Waals surface area (Å²) in [6, 6.07) is 4.72. The van der Waals surface area contributed by atoms with Crippen LogP contribution in [0.2, 0.25) is 0 Å². The Hall–Kier alpha value is -1.39. The Morgan fingerprint density at radius 1 is 1.42 bits per heavy atom. The first kappa shape index (κ1) is 14.0. The molecule has 4 heteroatoms. The lowest BCUT2D eigenvalue weighted by Crippen LogP contribution is -2.29. The van der Waals surface area contributed by atoms with Crippen molar-refractivity contribution in [3.05, 3.63) is 30.1 Å². The standard InChI is InChI=1S/C15H24N4/c1-12(2)19(3)9-5-7-16-10-13-11-18-15-14(13)6-4-8-17-15/h4,6,8,11-12,16H,5,7,9-10H2,1-3H3,(H,17,18). The fourth-order valence-corrected chi connectivity index (χ4v) is 2.09. The van der Waals surface area contributed by atoms with Gasteiger partial charge in [0, 0.05) is 30.4 Å². The molecule has 0 aliphatic heterocycles. The quantitative estimate of drug-likeness (QED) is 0.751. The highest BCUT2D eigenvalue weighted by Crippen LogP contribution is 2.14. The number of H-pyrrole nitrogens is 1. The second-order valence-electron chi connectivity index (χ2n) is 5.32. The average molecular weight is 260 g/mol. The van der Waals surface area contributed by atoms with Gasteiger partial charge in [0.25, 0.3) is 0 Å². The molecule has 0 radical (unpaired) electrons. The van der Waals surface area contributed by atoms with E-state index in [1.54, 1.807) is 0 Å². The molecule has 4 nitrogen and oxygen atoms in total. The maximum absolute atomic E-state index is 4.30. The van der Waals surface area contributed by atoms with Gasteiger partial charge in [-0.3, -0.25) is 0 Å². The molecule has 2 aromatic heterocycles. The molecule has 0 aromatic carbocycles. The lowest BCUT2D eigenvalue weighted by molar-refractivity contribution is 0.269. The van der Waals surface area contributed by atoms with Crippen LogP contribution < -0.4 is 5.32 Å². The summed E-state index contributed by atoms with van der Waals surface area (Å²) in [5, 5.41) is 4.72. The van der Waals surface area contributed by atoms with Crippen LogP contribution in [0.15, 0.2) is 24.5 Å². The zero-order chi connectivity index (χ0) is 13.7. The Labute approximate surface area is 115 Å². The summed E-state index contributed by atoms with van der Waals surface area (Å²) in [4.78, 5) is 9.87. The van der Waals surface area contributed by atoms with E-state index in [0.29, 0.717) is 6.04 Å². The van der Waals surface area contributed by atoms with E-state index in [0.717, 1.165) is 25.3 Å². The summed E-state index contributed by atoms with van der Waals surface area (Å²) in [5.74, 6) is 0. The van der Waals surface area contributed by atoms with Gasteiger partial charge in [-0.15, -0.1) is 0 Å². The number of aromatic amines is 1. The van der Waals surface area contributed by atoms with E-state index in [1.165, 1.54) is 17.4 Å². The first-order valence-corrected chi connectivity index (χ1v) is 7.00. The van der Waals surface area contributed by atoms with Crippen molar-refractivity contribution in [2.75, 3.05) is 20.1 Å². The van der Waals surface area contributed by atoms with Gasteiger partial charge in [0.05, 0.1) is 0 Å². The maximum atomic E-state index is 4.30. The highest BCUT2D eigenvalue weighted by atomic mass is 15.1. The van der Waals surface area contributed by atoms with Gasteiger partial charge in [-0.25, -0.2) is 4.98 Å². The van der Waals surface area contributed by atoms with Crippen molar-refractivity contribution in [3.8, 4) is 0 Å². The van der Waals surface area contributed by atoms with E-state index >= 15 is 0 Å². The minimum Gasteiger partial charge on any atom is -0.346 e. The first-order chi connectivity index (χ1) is 9.18. The second-order valence-corrected chi connectivity index (χ2v) is 5.32. The summed E-state index contributed by atoms with van der Waals surface area (Å²) in [5.41, 5.74) is 2.26. The monoisotopic (exact) mass is 260 g/mol. The number of hydrogen-bond acceptors (Lipinski definition) is 3. The highest BCUT2D eigenvalue weighted by molar-refractivity contribution is 5.79. The zero-order valence-electron chi connectivity index (χ0n) is 12.1. The van der Waals surface area contributed by atoms with Gasteiger partial charge in [0.15, 0.2) is 0 Å². The molecule has 2 heterocycles. The lowest BCUT2D eigenvalue weighted by Gasteiger charge is -2.20. The molecule has 0 bridgehead atoms. The zero-order valence-corrected chi connectivity index (χ0v) is 12.1. The number of rotatable bonds is 7. The third kappa shape index (κ3) is 3.78. The predicted octanol–water partition coefficient (Wildman–Crippen LogP) is 2.38. The fraction of sp³-hybridized carbons (Fsp3) is 0.533. The molecular weight excluding hydrogens is 236 g/mol. The van der Waals surface area contributed by atoms with Crippen LogP contribution in [0.4, 0.5) is 0 Å². The second kappa shape index (κ2) is 6.68. The molecule has 0 fully saturated rings. The molecule has 0 aliphatic rings. The molecule has 0 saturated carbocycles. The van der Waals surface area contributed by atoms with E-state index in [-0.39, 0.29) is 0 Å². The Bertz CT molecular complexity index is 504. The van der Waals surface area contributed by atoms with Gasteiger partial charge in [-0.05, 0) is 58.1 Å². The average Bonchev–Trinajstić information content (AvgIpc) is 2.81. The Balaban J connectivity index is 1.74. The van der Waals surface area contributed by atoms with Crippen molar-refractivity contribution in [2.24, 2.45) is 0 Å².